The maximum absolute atomic E-state index is 10.2. The highest BCUT2D eigenvalue weighted by Gasteiger charge is 2.18. The highest BCUT2D eigenvalue weighted by atomic mass is 16.1. The van der Waals surface area contributed by atoms with Gasteiger partial charge in [0.15, 0.2) is 0 Å². The van der Waals surface area contributed by atoms with Gasteiger partial charge < -0.3 is 4.79 Å². The zero-order valence-corrected chi connectivity index (χ0v) is 11.8. The van der Waals surface area contributed by atoms with Crippen molar-refractivity contribution in [3.05, 3.63) is 0 Å². The first-order chi connectivity index (χ1) is 7.26. The third kappa shape index (κ3) is 13.6. The van der Waals surface area contributed by atoms with Gasteiger partial charge in [-0.25, -0.2) is 0 Å². The molecule has 0 aliphatic carbocycles. The molecule has 0 amide bonds. The average Bonchev–Trinajstić information content (AvgIpc) is 2.71. The molecule has 1 aliphatic heterocycles. The van der Waals surface area contributed by atoms with Crippen LogP contribution in [0.15, 0.2) is 0 Å². The van der Waals surface area contributed by atoms with Crippen LogP contribution in [-0.2, 0) is 4.79 Å². The second-order valence-corrected chi connectivity index (χ2v) is 3.03. The molecular formula is C13H31NO. The van der Waals surface area contributed by atoms with Gasteiger partial charge in [-0.15, -0.1) is 0 Å². The Morgan fingerprint density at radius 2 is 1.60 bits per heavy atom. The van der Waals surface area contributed by atoms with E-state index in [9.17, 15) is 4.79 Å². The molecule has 0 aromatic rings. The first-order valence-corrected chi connectivity index (χ1v) is 6.41. The van der Waals surface area contributed by atoms with Crippen LogP contribution in [0.1, 0.15) is 60.8 Å². The second kappa shape index (κ2) is 19.2. The molecule has 2 heteroatoms. The lowest BCUT2D eigenvalue weighted by Crippen LogP contribution is -2.25. The number of carbonyl (C=O) groups excluding carboxylic acids is 1. The monoisotopic (exact) mass is 217 g/mol. The summed E-state index contributed by atoms with van der Waals surface area (Å²) >= 11 is 0. The van der Waals surface area contributed by atoms with E-state index in [-0.39, 0.29) is 6.04 Å². The smallest absolute Gasteiger partial charge is 0.137 e. The van der Waals surface area contributed by atoms with Crippen molar-refractivity contribution in [1.29, 1.82) is 0 Å². The van der Waals surface area contributed by atoms with Crippen LogP contribution in [0.25, 0.3) is 0 Å². The summed E-state index contributed by atoms with van der Waals surface area (Å²) in [6.07, 6.45) is 4.52. The Hall–Kier alpha value is -0.370. The van der Waals surface area contributed by atoms with E-state index in [0.29, 0.717) is 0 Å². The van der Waals surface area contributed by atoms with Gasteiger partial charge in [-0.3, -0.25) is 4.90 Å². The van der Waals surface area contributed by atoms with Crippen molar-refractivity contribution in [3.63, 3.8) is 0 Å². The Morgan fingerprint density at radius 1 is 1.20 bits per heavy atom. The highest BCUT2D eigenvalue weighted by Crippen LogP contribution is 2.11. The minimum absolute atomic E-state index is 0.218. The molecule has 0 aromatic carbocycles. The van der Waals surface area contributed by atoms with E-state index < -0.39 is 0 Å². The molecule has 0 N–H and O–H groups in total. The summed E-state index contributed by atoms with van der Waals surface area (Å²) in [5.41, 5.74) is 0. The van der Waals surface area contributed by atoms with Crippen LogP contribution < -0.4 is 0 Å². The number of hydrogen-bond donors (Lipinski definition) is 0. The first kappa shape index (κ1) is 20.1. The number of rotatable bonds is 1. The number of likely N-dealkylation sites (N-methyl/N-ethyl adjacent to an activating group) is 1. The topological polar surface area (TPSA) is 20.3 Å². The fraction of sp³-hybridized carbons (Fsp3) is 0.923. The van der Waals surface area contributed by atoms with Crippen molar-refractivity contribution in [2.45, 2.75) is 66.8 Å². The summed E-state index contributed by atoms with van der Waals surface area (Å²) in [6, 6.07) is 0.218. The Morgan fingerprint density at radius 3 is 1.73 bits per heavy atom. The van der Waals surface area contributed by atoms with E-state index >= 15 is 0 Å². The standard InChI is InChI=1S/C6H11NO.C3H8.2C2H6/c1-7-4-2-3-6(7)5-8;1-3-2;2*1-2/h5-6H,2-4H2,1H3;3H2,1-2H3;2*1-2H3. The van der Waals surface area contributed by atoms with Crippen LogP contribution in [0.3, 0.4) is 0 Å². The van der Waals surface area contributed by atoms with Gasteiger partial charge in [0.05, 0.1) is 6.04 Å². The summed E-state index contributed by atoms with van der Waals surface area (Å²) in [4.78, 5) is 12.3. The van der Waals surface area contributed by atoms with Gasteiger partial charge in [-0.2, -0.15) is 0 Å². The van der Waals surface area contributed by atoms with Gasteiger partial charge >= 0.3 is 0 Å². The number of hydrogen-bond acceptors (Lipinski definition) is 2. The molecule has 1 heterocycles. The number of nitrogens with zero attached hydrogens (tertiary/aromatic N) is 1. The zero-order chi connectivity index (χ0) is 12.7. The molecule has 1 atom stereocenters. The Balaban J connectivity index is -0.000000176. The molecule has 0 bridgehead atoms. The van der Waals surface area contributed by atoms with Crippen molar-refractivity contribution in [2.75, 3.05) is 13.6 Å². The predicted octanol–water partition coefficient (Wildman–Crippen LogP) is 3.75. The van der Waals surface area contributed by atoms with Gasteiger partial charge in [-0.1, -0.05) is 48.0 Å². The van der Waals surface area contributed by atoms with E-state index in [2.05, 4.69) is 18.7 Å². The maximum atomic E-state index is 10.2. The van der Waals surface area contributed by atoms with Crippen molar-refractivity contribution < 1.29 is 4.79 Å². The predicted molar refractivity (Wildman–Crippen MR) is 70.4 cm³/mol. The molecular weight excluding hydrogens is 186 g/mol. The third-order valence-electron chi connectivity index (χ3n) is 1.73. The Labute approximate surface area is 97.1 Å². The van der Waals surface area contributed by atoms with Crippen molar-refractivity contribution in [3.8, 4) is 0 Å². The van der Waals surface area contributed by atoms with Gasteiger partial charge in [-0.05, 0) is 26.4 Å². The fourth-order valence-electron chi connectivity index (χ4n) is 1.11. The molecule has 1 saturated heterocycles. The number of likely N-dealkylation sites (tertiary alicyclic amines) is 1. The molecule has 15 heavy (non-hydrogen) atoms. The zero-order valence-electron chi connectivity index (χ0n) is 11.8. The van der Waals surface area contributed by atoms with Gasteiger partial charge in [0, 0.05) is 0 Å². The Kier molecular flexibility index (Phi) is 25.8. The molecule has 0 aromatic heterocycles. The molecule has 1 aliphatic rings. The fourth-order valence-corrected chi connectivity index (χ4v) is 1.11. The molecule has 0 spiro atoms. The lowest BCUT2D eigenvalue weighted by molar-refractivity contribution is -0.111. The van der Waals surface area contributed by atoms with E-state index in [1.807, 2.05) is 34.7 Å². The lowest BCUT2D eigenvalue weighted by Gasteiger charge is -2.10. The molecule has 1 fully saturated rings. The van der Waals surface area contributed by atoms with Gasteiger partial charge in [0.1, 0.15) is 6.29 Å². The van der Waals surface area contributed by atoms with Crippen LogP contribution in [0.4, 0.5) is 0 Å². The minimum atomic E-state index is 0.218. The summed E-state index contributed by atoms with van der Waals surface area (Å²) in [6.45, 7) is 13.3. The van der Waals surface area contributed by atoms with E-state index in [0.717, 1.165) is 19.3 Å². The minimum Gasteiger partial charge on any atom is -0.302 e. The number of carbonyl (C=O) groups is 1. The average molecular weight is 217 g/mol. The maximum Gasteiger partial charge on any atom is 0.137 e. The van der Waals surface area contributed by atoms with Crippen LogP contribution in [0.5, 0.6) is 0 Å². The highest BCUT2D eigenvalue weighted by molar-refractivity contribution is 5.57. The lowest BCUT2D eigenvalue weighted by atomic mass is 10.2. The summed E-state index contributed by atoms with van der Waals surface area (Å²) in [7, 11) is 1.99. The summed E-state index contributed by atoms with van der Waals surface area (Å²) < 4.78 is 0. The summed E-state index contributed by atoms with van der Waals surface area (Å²) in [5.74, 6) is 0. The van der Waals surface area contributed by atoms with Crippen LogP contribution >= 0.6 is 0 Å². The normalized spacial score (nSPS) is 18.5. The third-order valence-corrected chi connectivity index (χ3v) is 1.73. The van der Waals surface area contributed by atoms with Crippen molar-refractivity contribution in [1.82, 2.24) is 4.90 Å². The van der Waals surface area contributed by atoms with E-state index in [4.69, 9.17) is 0 Å². The largest absolute Gasteiger partial charge is 0.302 e. The van der Waals surface area contributed by atoms with Gasteiger partial charge in [0.25, 0.3) is 0 Å². The van der Waals surface area contributed by atoms with Gasteiger partial charge in [0.2, 0.25) is 0 Å². The first-order valence-electron chi connectivity index (χ1n) is 6.41. The molecule has 0 radical (unpaired) electrons. The van der Waals surface area contributed by atoms with E-state index in [1.54, 1.807) is 0 Å². The summed E-state index contributed by atoms with van der Waals surface area (Å²) in [5, 5.41) is 0. The van der Waals surface area contributed by atoms with Crippen LogP contribution in [0, 0.1) is 0 Å². The SMILES string of the molecule is CC.CC.CCC.CN1CCCC1C=O. The molecule has 2 nitrogen and oxygen atoms in total. The van der Waals surface area contributed by atoms with Crippen molar-refractivity contribution in [2.24, 2.45) is 0 Å². The van der Waals surface area contributed by atoms with Crippen LogP contribution in [0.2, 0.25) is 0 Å². The Bertz CT molecular complexity index is 105. The van der Waals surface area contributed by atoms with E-state index in [1.165, 1.54) is 12.8 Å². The van der Waals surface area contributed by atoms with Crippen molar-refractivity contribution >= 4 is 6.29 Å². The second-order valence-electron chi connectivity index (χ2n) is 3.03. The molecule has 94 valence electrons. The molecule has 1 rings (SSSR count). The number of aldehydes is 1. The molecule has 0 saturated carbocycles. The quantitative estimate of drug-likeness (QED) is 0.623. The van der Waals surface area contributed by atoms with Crippen LogP contribution in [-0.4, -0.2) is 30.8 Å². The molecule has 1 unspecified atom stereocenters.